The van der Waals surface area contributed by atoms with E-state index in [0.29, 0.717) is 4.47 Å². The number of rotatable bonds is 3. The number of nitrogens with zero attached hydrogens (tertiary/aromatic N) is 1. The van der Waals surface area contributed by atoms with E-state index in [1.165, 1.54) is 19.1 Å². The summed E-state index contributed by atoms with van der Waals surface area (Å²) in [7, 11) is -3.44. The second-order valence-corrected chi connectivity index (χ2v) is 5.88. The van der Waals surface area contributed by atoms with E-state index in [1.54, 1.807) is 0 Å². The summed E-state index contributed by atoms with van der Waals surface area (Å²) in [6, 6.07) is 3.67. The normalized spacial score (nSPS) is 11.3. The summed E-state index contributed by atoms with van der Waals surface area (Å²) in [6.45, 7) is 1.49. The molecule has 1 aromatic carbocycles. The molecule has 0 radical (unpaired) electrons. The van der Waals surface area contributed by atoms with Gasteiger partial charge in [0, 0.05) is 16.6 Å². The Morgan fingerprint density at radius 2 is 2.07 bits per heavy atom. The molecule has 0 aliphatic rings. The number of non-ortho nitro benzene ring substituents is 1. The van der Waals surface area contributed by atoms with Gasteiger partial charge in [0.1, 0.15) is 0 Å². The first-order chi connectivity index (χ1) is 6.88. The molecule has 82 valence electrons. The lowest BCUT2D eigenvalue weighted by Crippen LogP contribution is -2.05. The highest BCUT2D eigenvalue weighted by atomic mass is 79.9. The molecule has 1 rings (SSSR count). The maximum absolute atomic E-state index is 11.5. The van der Waals surface area contributed by atoms with Gasteiger partial charge in [-0.25, -0.2) is 8.42 Å². The molecule has 0 bridgehead atoms. The van der Waals surface area contributed by atoms with Crippen molar-refractivity contribution in [1.82, 2.24) is 0 Å². The highest BCUT2D eigenvalue weighted by molar-refractivity contribution is 9.10. The molecule has 1 aromatic rings. The topological polar surface area (TPSA) is 77.3 Å². The summed E-state index contributed by atoms with van der Waals surface area (Å²) in [4.78, 5) is 9.81. The summed E-state index contributed by atoms with van der Waals surface area (Å²) >= 11 is 3.05. The SMILES string of the molecule is CCS(=O)(=O)c1cc([N+](=O)[O-])ccc1Br. The fourth-order valence-electron chi connectivity index (χ4n) is 0.999. The van der Waals surface area contributed by atoms with E-state index in [-0.39, 0.29) is 16.3 Å². The van der Waals surface area contributed by atoms with Gasteiger partial charge in [0.15, 0.2) is 9.84 Å². The molecule has 0 aliphatic heterocycles. The van der Waals surface area contributed by atoms with Crippen LogP contribution < -0.4 is 0 Å². The average molecular weight is 294 g/mol. The Kier molecular flexibility index (Phi) is 3.46. The predicted octanol–water partition coefficient (Wildman–Crippen LogP) is 2.15. The van der Waals surface area contributed by atoms with Gasteiger partial charge in [-0.3, -0.25) is 10.1 Å². The smallest absolute Gasteiger partial charge is 0.258 e. The van der Waals surface area contributed by atoms with Crippen molar-refractivity contribution in [3.05, 3.63) is 32.8 Å². The van der Waals surface area contributed by atoms with Crippen molar-refractivity contribution in [3.8, 4) is 0 Å². The molecule has 0 saturated carbocycles. The van der Waals surface area contributed by atoms with E-state index in [4.69, 9.17) is 0 Å². The Morgan fingerprint density at radius 1 is 1.47 bits per heavy atom. The lowest BCUT2D eigenvalue weighted by molar-refractivity contribution is -0.385. The van der Waals surface area contributed by atoms with E-state index in [1.807, 2.05) is 0 Å². The first-order valence-corrected chi connectivity index (χ1v) is 6.49. The Balaban J connectivity index is 3.42. The van der Waals surface area contributed by atoms with Crippen LogP contribution in [0.1, 0.15) is 6.92 Å². The first kappa shape index (κ1) is 12.1. The van der Waals surface area contributed by atoms with Crippen LogP contribution in [0.25, 0.3) is 0 Å². The van der Waals surface area contributed by atoms with Crippen LogP contribution in [-0.2, 0) is 9.84 Å². The molecule has 7 heteroatoms. The predicted molar refractivity (Wildman–Crippen MR) is 58.5 cm³/mol. The minimum absolute atomic E-state index is 0.0424. The van der Waals surface area contributed by atoms with Gasteiger partial charge in [-0.05, 0) is 22.0 Å². The van der Waals surface area contributed by atoms with Crippen LogP contribution >= 0.6 is 15.9 Å². The van der Waals surface area contributed by atoms with Gasteiger partial charge in [-0.1, -0.05) is 6.92 Å². The molecular formula is C8H8BrNO4S. The number of nitro groups is 1. The van der Waals surface area contributed by atoms with Crippen LogP contribution in [0.4, 0.5) is 5.69 Å². The van der Waals surface area contributed by atoms with Crippen molar-refractivity contribution < 1.29 is 13.3 Å². The van der Waals surface area contributed by atoms with E-state index in [0.717, 1.165) is 6.07 Å². The van der Waals surface area contributed by atoms with Crippen LogP contribution in [0, 0.1) is 10.1 Å². The molecule has 0 fully saturated rings. The maximum Gasteiger partial charge on any atom is 0.270 e. The fourth-order valence-corrected chi connectivity index (χ4v) is 2.96. The molecule has 15 heavy (non-hydrogen) atoms. The molecule has 0 heterocycles. The van der Waals surface area contributed by atoms with Crippen LogP contribution in [0.2, 0.25) is 0 Å². The molecule has 0 aromatic heterocycles. The monoisotopic (exact) mass is 293 g/mol. The number of sulfone groups is 1. The van der Waals surface area contributed by atoms with E-state index < -0.39 is 14.8 Å². The van der Waals surface area contributed by atoms with Crippen LogP contribution in [-0.4, -0.2) is 19.1 Å². The molecular weight excluding hydrogens is 286 g/mol. The molecule has 0 aliphatic carbocycles. The van der Waals surface area contributed by atoms with Gasteiger partial charge in [-0.2, -0.15) is 0 Å². The fraction of sp³-hybridized carbons (Fsp3) is 0.250. The van der Waals surface area contributed by atoms with Gasteiger partial charge >= 0.3 is 0 Å². The molecule has 5 nitrogen and oxygen atoms in total. The summed E-state index contributed by atoms with van der Waals surface area (Å²) in [5.41, 5.74) is -0.231. The number of halogens is 1. The summed E-state index contributed by atoms with van der Waals surface area (Å²) < 4.78 is 23.4. The van der Waals surface area contributed by atoms with Crippen LogP contribution in [0.3, 0.4) is 0 Å². The third-order valence-corrected chi connectivity index (χ3v) is 4.56. The first-order valence-electron chi connectivity index (χ1n) is 4.05. The van der Waals surface area contributed by atoms with Crippen LogP contribution in [0.5, 0.6) is 0 Å². The second kappa shape index (κ2) is 4.28. The summed E-state index contributed by atoms with van der Waals surface area (Å²) in [5, 5.41) is 10.5. The van der Waals surface area contributed by atoms with Crippen molar-refractivity contribution in [2.75, 3.05) is 5.75 Å². The largest absolute Gasteiger partial charge is 0.270 e. The van der Waals surface area contributed by atoms with E-state index >= 15 is 0 Å². The quantitative estimate of drug-likeness (QED) is 0.632. The Morgan fingerprint density at radius 3 is 2.53 bits per heavy atom. The average Bonchev–Trinajstić information content (AvgIpc) is 2.17. The highest BCUT2D eigenvalue weighted by Crippen LogP contribution is 2.27. The van der Waals surface area contributed by atoms with Gasteiger partial charge in [0.05, 0.1) is 15.6 Å². The second-order valence-electron chi connectivity index (χ2n) is 2.78. The minimum atomic E-state index is -3.44. The third kappa shape index (κ3) is 2.54. The molecule has 0 unspecified atom stereocenters. The van der Waals surface area contributed by atoms with Gasteiger partial charge in [0.25, 0.3) is 5.69 Å². The summed E-state index contributed by atoms with van der Waals surface area (Å²) in [6.07, 6.45) is 0. The van der Waals surface area contributed by atoms with Crippen molar-refractivity contribution in [1.29, 1.82) is 0 Å². The lowest BCUT2D eigenvalue weighted by Gasteiger charge is -2.03. The maximum atomic E-state index is 11.5. The number of hydrogen-bond donors (Lipinski definition) is 0. The highest BCUT2D eigenvalue weighted by Gasteiger charge is 2.19. The van der Waals surface area contributed by atoms with Gasteiger partial charge in [-0.15, -0.1) is 0 Å². The van der Waals surface area contributed by atoms with E-state index in [9.17, 15) is 18.5 Å². The van der Waals surface area contributed by atoms with Crippen molar-refractivity contribution in [3.63, 3.8) is 0 Å². The Labute approximate surface area is 95.3 Å². The Hall–Kier alpha value is -0.950. The number of hydrogen-bond acceptors (Lipinski definition) is 4. The van der Waals surface area contributed by atoms with Crippen LogP contribution in [0.15, 0.2) is 27.6 Å². The third-order valence-electron chi connectivity index (χ3n) is 1.84. The number of benzene rings is 1. The number of nitro benzene ring substituents is 1. The summed E-state index contributed by atoms with van der Waals surface area (Å²) in [5.74, 6) is -0.0905. The van der Waals surface area contributed by atoms with Crippen molar-refractivity contribution >= 4 is 31.5 Å². The van der Waals surface area contributed by atoms with E-state index in [2.05, 4.69) is 15.9 Å². The van der Waals surface area contributed by atoms with Gasteiger partial charge < -0.3 is 0 Å². The van der Waals surface area contributed by atoms with Crippen molar-refractivity contribution in [2.45, 2.75) is 11.8 Å². The lowest BCUT2D eigenvalue weighted by atomic mass is 10.3. The van der Waals surface area contributed by atoms with Gasteiger partial charge in [0.2, 0.25) is 0 Å². The Bertz CT molecular complexity index is 497. The molecule has 0 N–H and O–H groups in total. The minimum Gasteiger partial charge on any atom is -0.258 e. The van der Waals surface area contributed by atoms with Crippen molar-refractivity contribution in [2.24, 2.45) is 0 Å². The zero-order valence-corrected chi connectivity index (χ0v) is 10.2. The standard InChI is InChI=1S/C8H8BrNO4S/c1-2-15(13,14)8-5-6(10(11)12)3-4-7(8)9/h3-5H,2H2,1H3. The zero-order valence-electron chi connectivity index (χ0n) is 7.81. The molecule has 0 spiro atoms. The molecule has 0 saturated heterocycles. The molecule has 0 atom stereocenters. The zero-order chi connectivity index (χ0) is 11.6. The molecule has 0 amide bonds.